The molecule has 1 aliphatic heterocycles. The predicted molar refractivity (Wildman–Crippen MR) is 116 cm³/mol. The molecule has 1 aliphatic rings. The van der Waals surface area contributed by atoms with E-state index in [2.05, 4.69) is 0 Å². The molecule has 7 nitrogen and oxygen atoms in total. The highest BCUT2D eigenvalue weighted by atomic mass is 16.5. The van der Waals surface area contributed by atoms with Crippen LogP contribution in [0.1, 0.15) is 23.5 Å². The third kappa shape index (κ3) is 3.15. The number of benzene rings is 3. The minimum Gasteiger partial charge on any atom is -0.508 e. The summed E-state index contributed by atoms with van der Waals surface area (Å²) in [5.74, 6) is -0.379. The third-order valence-electron chi connectivity index (χ3n) is 5.67. The fourth-order valence-electron chi connectivity index (χ4n) is 4.09. The molecule has 2 heterocycles. The predicted octanol–water partition coefficient (Wildman–Crippen LogP) is 4.32. The summed E-state index contributed by atoms with van der Waals surface area (Å²) in [6.45, 7) is 0. The molecule has 1 atom stereocenters. The van der Waals surface area contributed by atoms with Gasteiger partial charge >= 0.3 is 5.97 Å². The number of ether oxygens (including phenoxy) is 2. The summed E-state index contributed by atoms with van der Waals surface area (Å²) in [5.41, 5.74) is 1.89. The van der Waals surface area contributed by atoms with Crippen LogP contribution in [-0.4, -0.2) is 23.3 Å². The molecule has 0 fully saturated rings. The SMILES string of the molecule is COc1ccc(-c2coc3c4c(cc(O)c3c2=O)OC(=O)C[C@@H]4c2ccc(O)cc2)cc1. The highest BCUT2D eigenvalue weighted by Gasteiger charge is 2.33. The summed E-state index contributed by atoms with van der Waals surface area (Å²) in [4.78, 5) is 25.6. The Morgan fingerprint density at radius 2 is 1.72 bits per heavy atom. The van der Waals surface area contributed by atoms with Crippen molar-refractivity contribution in [2.24, 2.45) is 0 Å². The summed E-state index contributed by atoms with van der Waals surface area (Å²) < 4.78 is 16.4. The van der Waals surface area contributed by atoms with Gasteiger partial charge in [-0.05, 0) is 35.4 Å². The van der Waals surface area contributed by atoms with Crippen LogP contribution >= 0.6 is 0 Å². The molecule has 0 amide bonds. The van der Waals surface area contributed by atoms with Gasteiger partial charge in [0.25, 0.3) is 0 Å². The van der Waals surface area contributed by atoms with E-state index in [1.54, 1.807) is 43.5 Å². The van der Waals surface area contributed by atoms with Gasteiger partial charge in [0.15, 0.2) is 0 Å². The maximum absolute atomic E-state index is 13.4. The molecule has 32 heavy (non-hydrogen) atoms. The lowest BCUT2D eigenvalue weighted by atomic mass is 9.85. The first-order valence-corrected chi connectivity index (χ1v) is 9.91. The van der Waals surface area contributed by atoms with E-state index in [4.69, 9.17) is 13.9 Å². The number of rotatable bonds is 3. The van der Waals surface area contributed by atoms with Gasteiger partial charge in [-0.3, -0.25) is 9.59 Å². The van der Waals surface area contributed by atoms with Crippen molar-refractivity contribution in [3.05, 3.63) is 82.2 Å². The lowest BCUT2D eigenvalue weighted by Crippen LogP contribution is -2.22. The zero-order valence-corrected chi connectivity index (χ0v) is 17.0. The minimum atomic E-state index is -0.468. The monoisotopic (exact) mass is 430 g/mol. The zero-order chi connectivity index (χ0) is 22.4. The number of carbonyl (C=O) groups excluding carboxylic acids is 1. The molecule has 2 N–H and O–H groups in total. The van der Waals surface area contributed by atoms with Gasteiger partial charge in [0.1, 0.15) is 40.2 Å². The van der Waals surface area contributed by atoms with E-state index in [9.17, 15) is 19.8 Å². The molecule has 3 aromatic carbocycles. The van der Waals surface area contributed by atoms with Crippen LogP contribution in [0.25, 0.3) is 22.1 Å². The fourth-order valence-corrected chi connectivity index (χ4v) is 4.09. The first-order valence-electron chi connectivity index (χ1n) is 9.91. The largest absolute Gasteiger partial charge is 0.508 e. The van der Waals surface area contributed by atoms with E-state index < -0.39 is 17.3 Å². The second-order valence-corrected chi connectivity index (χ2v) is 7.54. The van der Waals surface area contributed by atoms with Gasteiger partial charge in [-0.1, -0.05) is 24.3 Å². The standard InChI is InChI=1S/C25H18O7/c1-30-16-8-4-14(5-9-16)18-12-31-25-22-17(13-2-6-15(26)7-3-13)10-21(28)32-20(22)11-19(27)23(25)24(18)29/h2-9,11-12,17,26-27H,10H2,1H3/t17-/m1/s1. The number of hydrogen-bond acceptors (Lipinski definition) is 7. The first-order chi connectivity index (χ1) is 15.5. The lowest BCUT2D eigenvalue weighted by Gasteiger charge is -2.26. The van der Waals surface area contributed by atoms with Crippen LogP contribution in [0.2, 0.25) is 0 Å². The van der Waals surface area contributed by atoms with Gasteiger partial charge in [-0.15, -0.1) is 0 Å². The molecular formula is C25H18O7. The average Bonchev–Trinajstić information content (AvgIpc) is 2.79. The van der Waals surface area contributed by atoms with Crippen LogP contribution in [0, 0.1) is 0 Å². The smallest absolute Gasteiger partial charge is 0.312 e. The number of esters is 1. The van der Waals surface area contributed by atoms with Gasteiger partial charge in [0.2, 0.25) is 5.43 Å². The Hall–Kier alpha value is -4.26. The second kappa shape index (κ2) is 7.46. The first kappa shape index (κ1) is 19.7. The number of hydrogen-bond donors (Lipinski definition) is 2. The summed E-state index contributed by atoms with van der Waals surface area (Å²) >= 11 is 0. The van der Waals surface area contributed by atoms with Crippen LogP contribution in [-0.2, 0) is 4.79 Å². The van der Waals surface area contributed by atoms with Gasteiger partial charge in [0, 0.05) is 17.5 Å². The normalized spacial score (nSPS) is 15.3. The van der Waals surface area contributed by atoms with Crippen LogP contribution in [0.15, 0.2) is 70.1 Å². The van der Waals surface area contributed by atoms with Crippen molar-refractivity contribution >= 4 is 16.9 Å². The van der Waals surface area contributed by atoms with Crippen molar-refractivity contribution in [2.75, 3.05) is 7.11 Å². The van der Waals surface area contributed by atoms with E-state index in [0.717, 1.165) is 5.56 Å². The highest BCUT2D eigenvalue weighted by Crippen LogP contribution is 2.45. The van der Waals surface area contributed by atoms with Crippen molar-refractivity contribution in [1.82, 2.24) is 0 Å². The highest BCUT2D eigenvalue weighted by molar-refractivity contribution is 5.94. The van der Waals surface area contributed by atoms with Gasteiger partial charge in [0.05, 0.1) is 19.1 Å². The summed E-state index contributed by atoms with van der Waals surface area (Å²) in [5, 5.41) is 20.3. The topological polar surface area (TPSA) is 106 Å². The van der Waals surface area contributed by atoms with Crippen molar-refractivity contribution in [2.45, 2.75) is 12.3 Å². The molecule has 160 valence electrons. The Kier molecular flexibility index (Phi) is 4.59. The quantitative estimate of drug-likeness (QED) is 0.368. The van der Waals surface area contributed by atoms with Crippen molar-refractivity contribution < 1.29 is 28.9 Å². The number of fused-ring (bicyclic) bond motifs is 3. The van der Waals surface area contributed by atoms with Gasteiger partial charge in [-0.25, -0.2) is 0 Å². The van der Waals surface area contributed by atoms with Crippen molar-refractivity contribution in [1.29, 1.82) is 0 Å². The lowest BCUT2D eigenvalue weighted by molar-refractivity contribution is -0.135. The van der Waals surface area contributed by atoms with Crippen LogP contribution in [0.3, 0.4) is 0 Å². The number of phenols is 2. The van der Waals surface area contributed by atoms with Crippen LogP contribution in [0.4, 0.5) is 0 Å². The number of aromatic hydroxyl groups is 2. The molecule has 0 spiro atoms. The van der Waals surface area contributed by atoms with Crippen molar-refractivity contribution in [3.8, 4) is 34.1 Å². The summed E-state index contributed by atoms with van der Waals surface area (Å²) in [6.07, 6.45) is 1.37. The Labute approximate surface area is 182 Å². The zero-order valence-electron chi connectivity index (χ0n) is 17.0. The molecule has 0 radical (unpaired) electrons. The van der Waals surface area contributed by atoms with E-state index >= 15 is 0 Å². The molecule has 5 rings (SSSR count). The van der Waals surface area contributed by atoms with Crippen LogP contribution < -0.4 is 14.9 Å². The molecule has 1 aromatic heterocycles. The molecular weight excluding hydrogens is 412 g/mol. The Bertz CT molecular complexity index is 1400. The summed E-state index contributed by atoms with van der Waals surface area (Å²) in [6, 6.07) is 14.6. The van der Waals surface area contributed by atoms with E-state index in [-0.39, 0.29) is 40.2 Å². The fraction of sp³-hybridized carbons (Fsp3) is 0.120. The molecule has 0 bridgehead atoms. The van der Waals surface area contributed by atoms with Crippen molar-refractivity contribution in [3.63, 3.8) is 0 Å². The third-order valence-corrected chi connectivity index (χ3v) is 5.67. The van der Waals surface area contributed by atoms with E-state index in [1.807, 2.05) is 0 Å². The molecule has 7 heteroatoms. The molecule has 0 saturated heterocycles. The Morgan fingerprint density at radius 3 is 2.41 bits per heavy atom. The van der Waals surface area contributed by atoms with E-state index in [1.165, 1.54) is 24.5 Å². The van der Waals surface area contributed by atoms with E-state index in [0.29, 0.717) is 16.9 Å². The number of phenolic OH excluding ortho intramolecular Hbond substituents is 2. The summed E-state index contributed by atoms with van der Waals surface area (Å²) in [7, 11) is 1.55. The number of carbonyl (C=O) groups is 1. The van der Waals surface area contributed by atoms with Crippen LogP contribution in [0.5, 0.6) is 23.0 Å². The maximum atomic E-state index is 13.4. The van der Waals surface area contributed by atoms with Gasteiger partial charge in [-0.2, -0.15) is 0 Å². The molecule has 4 aromatic rings. The number of methoxy groups -OCH3 is 1. The Morgan fingerprint density at radius 1 is 1.00 bits per heavy atom. The Balaban J connectivity index is 1.74. The molecule has 0 saturated carbocycles. The second-order valence-electron chi connectivity index (χ2n) is 7.54. The maximum Gasteiger partial charge on any atom is 0.312 e. The molecule has 0 unspecified atom stereocenters. The average molecular weight is 430 g/mol. The van der Waals surface area contributed by atoms with Gasteiger partial charge < -0.3 is 24.1 Å². The molecule has 0 aliphatic carbocycles. The minimum absolute atomic E-state index is 0.0128.